The first-order valence-corrected chi connectivity index (χ1v) is 7.98. The number of nitrogens with one attached hydrogen (secondary N) is 1. The lowest BCUT2D eigenvalue weighted by Crippen LogP contribution is -2.27. The van der Waals surface area contributed by atoms with Crippen molar-refractivity contribution < 1.29 is 4.79 Å². The first kappa shape index (κ1) is 17.0. The first-order chi connectivity index (χ1) is 10.9. The summed E-state index contributed by atoms with van der Waals surface area (Å²) < 4.78 is 1.41. The minimum absolute atomic E-state index is 0.0175. The highest BCUT2D eigenvalue weighted by atomic mass is 16.2. The molecular formula is C19H24N2O2. The molecule has 0 saturated carbocycles. The number of hydrogen-bond donors (Lipinski definition) is 1. The van der Waals surface area contributed by atoms with E-state index in [0.29, 0.717) is 11.8 Å². The van der Waals surface area contributed by atoms with Gasteiger partial charge >= 0.3 is 0 Å². The van der Waals surface area contributed by atoms with Crippen LogP contribution >= 0.6 is 0 Å². The Morgan fingerprint density at radius 2 is 1.61 bits per heavy atom. The van der Waals surface area contributed by atoms with Gasteiger partial charge in [-0.3, -0.25) is 9.59 Å². The molecule has 1 aromatic carbocycles. The van der Waals surface area contributed by atoms with E-state index in [2.05, 4.69) is 33.0 Å². The summed E-state index contributed by atoms with van der Waals surface area (Å²) in [5, 5.41) is 3.02. The van der Waals surface area contributed by atoms with E-state index in [9.17, 15) is 9.59 Å². The van der Waals surface area contributed by atoms with Crippen LogP contribution in [0.15, 0.2) is 47.4 Å². The van der Waals surface area contributed by atoms with Gasteiger partial charge in [-0.25, -0.2) is 0 Å². The van der Waals surface area contributed by atoms with Gasteiger partial charge in [-0.05, 0) is 29.0 Å². The van der Waals surface area contributed by atoms with Crippen molar-refractivity contribution in [3.05, 3.63) is 64.1 Å². The summed E-state index contributed by atoms with van der Waals surface area (Å²) in [7, 11) is 0. The number of amides is 1. The molecule has 0 aliphatic rings. The lowest BCUT2D eigenvalue weighted by Gasteiger charge is -2.20. The van der Waals surface area contributed by atoms with Crippen molar-refractivity contribution in [1.29, 1.82) is 0 Å². The Hall–Kier alpha value is -2.36. The van der Waals surface area contributed by atoms with E-state index in [0.717, 1.165) is 16.8 Å². The van der Waals surface area contributed by atoms with Crippen molar-refractivity contribution in [3.8, 4) is 0 Å². The molecule has 4 nitrogen and oxygen atoms in total. The number of carbonyl (C=O) groups excluding carboxylic acids is 1. The third-order valence-electron chi connectivity index (χ3n) is 3.85. The molecule has 1 N–H and O–H groups in total. The lowest BCUT2D eigenvalue weighted by molar-refractivity contribution is -0.116. The number of rotatable bonds is 5. The second-order valence-corrected chi connectivity index (χ2v) is 6.34. The van der Waals surface area contributed by atoms with Gasteiger partial charge < -0.3 is 9.88 Å². The van der Waals surface area contributed by atoms with Crippen LogP contribution in [0.25, 0.3) is 0 Å². The van der Waals surface area contributed by atoms with E-state index >= 15 is 0 Å². The van der Waals surface area contributed by atoms with E-state index in [4.69, 9.17) is 0 Å². The topological polar surface area (TPSA) is 51.1 Å². The van der Waals surface area contributed by atoms with Gasteiger partial charge in [0.15, 0.2) is 0 Å². The maximum Gasteiger partial charge on any atom is 0.250 e. The quantitative estimate of drug-likeness (QED) is 0.914. The molecule has 122 valence electrons. The van der Waals surface area contributed by atoms with Crippen LogP contribution in [0, 0.1) is 0 Å². The molecule has 4 heteroatoms. The van der Waals surface area contributed by atoms with Crippen LogP contribution < -0.4 is 10.9 Å². The van der Waals surface area contributed by atoms with Crippen LogP contribution in [0.3, 0.4) is 0 Å². The largest absolute Gasteiger partial charge is 0.324 e. The predicted molar refractivity (Wildman–Crippen MR) is 94.0 cm³/mol. The van der Waals surface area contributed by atoms with Crippen LogP contribution in [0.1, 0.15) is 50.7 Å². The second-order valence-electron chi connectivity index (χ2n) is 6.34. The fourth-order valence-electron chi connectivity index (χ4n) is 2.62. The average Bonchev–Trinajstić information content (AvgIpc) is 2.49. The van der Waals surface area contributed by atoms with E-state index in [1.807, 2.05) is 18.2 Å². The normalized spacial score (nSPS) is 11.0. The SMILES string of the molecule is CC(C)c1cccc(C(C)C)c1NC(=O)Cn1ccccc1=O. The first-order valence-electron chi connectivity index (χ1n) is 7.98. The van der Waals surface area contributed by atoms with Crippen molar-refractivity contribution in [3.63, 3.8) is 0 Å². The Kier molecular flexibility index (Phi) is 5.37. The minimum atomic E-state index is -0.187. The monoisotopic (exact) mass is 312 g/mol. The Morgan fingerprint density at radius 1 is 1.00 bits per heavy atom. The lowest BCUT2D eigenvalue weighted by atomic mass is 9.92. The zero-order chi connectivity index (χ0) is 17.0. The molecule has 2 aromatic rings. The summed E-state index contributed by atoms with van der Waals surface area (Å²) in [6.07, 6.45) is 1.62. The summed E-state index contributed by atoms with van der Waals surface area (Å²) in [6.45, 7) is 8.45. The summed E-state index contributed by atoms with van der Waals surface area (Å²) in [4.78, 5) is 24.2. The van der Waals surface area contributed by atoms with E-state index in [1.165, 1.54) is 10.6 Å². The van der Waals surface area contributed by atoms with Gasteiger partial charge in [0.25, 0.3) is 5.56 Å². The van der Waals surface area contributed by atoms with Crippen molar-refractivity contribution in [1.82, 2.24) is 4.57 Å². The van der Waals surface area contributed by atoms with Crippen molar-refractivity contribution in [2.24, 2.45) is 0 Å². The van der Waals surface area contributed by atoms with E-state index in [1.54, 1.807) is 18.3 Å². The Labute approximate surface area is 137 Å². The van der Waals surface area contributed by atoms with Crippen LogP contribution in [0.5, 0.6) is 0 Å². The van der Waals surface area contributed by atoms with E-state index in [-0.39, 0.29) is 18.0 Å². The molecule has 0 atom stereocenters. The van der Waals surface area contributed by atoms with Gasteiger partial charge in [0.1, 0.15) is 6.54 Å². The summed E-state index contributed by atoms with van der Waals surface area (Å²) in [5.41, 5.74) is 2.94. The number of hydrogen-bond acceptors (Lipinski definition) is 2. The Morgan fingerprint density at radius 3 is 2.13 bits per heavy atom. The van der Waals surface area contributed by atoms with E-state index < -0.39 is 0 Å². The maximum atomic E-state index is 12.4. The smallest absolute Gasteiger partial charge is 0.250 e. The zero-order valence-electron chi connectivity index (χ0n) is 14.2. The van der Waals surface area contributed by atoms with Gasteiger partial charge in [-0.1, -0.05) is 52.0 Å². The van der Waals surface area contributed by atoms with Crippen LogP contribution in [-0.4, -0.2) is 10.5 Å². The number of pyridine rings is 1. The summed E-state index contributed by atoms with van der Waals surface area (Å²) in [6, 6.07) is 11.0. The van der Waals surface area contributed by atoms with Crippen molar-refractivity contribution in [2.75, 3.05) is 5.32 Å². The Bertz CT molecular complexity index is 719. The zero-order valence-corrected chi connectivity index (χ0v) is 14.2. The molecule has 0 radical (unpaired) electrons. The molecule has 0 unspecified atom stereocenters. The highest BCUT2D eigenvalue weighted by molar-refractivity contribution is 5.92. The molecular weight excluding hydrogens is 288 g/mol. The maximum absolute atomic E-state index is 12.4. The number of nitrogens with zero attached hydrogens (tertiary/aromatic N) is 1. The minimum Gasteiger partial charge on any atom is -0.324 e. The molecule has 2 rings (SSSR count). The van der Waals surface area contributed by atoms with Crippen molar-refractivity contribution >= 4 is 11.6 Å². The summed E-state index contributed by atoms with van der Waals surface area (Å²) in [5.74, 6) is 0.431. The summed E-state index contributed by atoms with van der Waals surface area (Å²) >= 11 is 0. The molecule has 0 spiro atoms. The molecule has 1 aromatic heterocycles. The molecule has 0 aliphatic carbocycles. The molecule has 0 bridgehead atoms. The van der Waals surface area contributed by atoms with Crippen molar-refractivity contribution in [2.45, 2.75) is 46.1 Å². The predicted octanol–water partition coefficient (Wildman–Crippen LogP) is 3.73. The Balaban J connectivity index is 2.30. The number of aromatic nitrogens is 1. The molecule has 0 aliphatic heterocycles. The number of anilines is 1. The van der Waals surface area contributed by atoms with Crippen LogP contribution in [0.2, 0.25) is 0 Å². The van der Waals surface area contributed by atoms with Gasteiger partial charge in [-0.15, -0.1) is 0 Å². The standard InChI is InChI=1S/C19H24N2O2/c1-13(2)15-8-7-9-16(14(3)4)19(15)20-17(22)12-21-11-6-5-10-18(21)23/h5-11,13-14H,12H2,1-4H3,(H,20,22). The highest BCUT2D eigenvalue weighted by Gasteiger charge is 2.16. The third kappa shape index (κ3) is 4.09. The van der Waals surface area contributed by atoms with Crippen LogP contribution in [0.4, 0.5) is 5.69 Å². The number of benzene rings is 1. The number of para-hydroxylation sites is 1. The second kappa shape index (κ2) is 7.27. The highest BCUT2D eigenvalue weighted by Crippen LogP contribution is 2.32. The molecule has 0 fully saturated rings. The number of carbonyl (C=O) groups is 1. The molecule has 23 heavy (non-hydrogen) atoms. The average molecular weight is 312 g/mol. The fourth-order valence-corrected chi connectivity index (χ4v) is 2.62. The van der Waals surface area contributed by atoms with Crippen LogP contribution in [-0.2, 0) is 11.3 Å². The van der Waals surface area contributed by atoms with Gasteiger partial charge in [0, 0.05) is 18.0 Å². The van der Waals surface area contributed by atoms with Gasteiger partial charge in [-0.2, -0.15) is 0 Å². The van der Waals surface area contributed by atoms with Gasteiger partial charge in [0.2, 0.25) is 5.91 Å². The molecule has 1 amide bonds. The van der Waals surface area contributed by atoms with Gasteiger partial charge in [0.05, 0.1) is 0 Å². The fraction of sp³-hybridized carbons (Fsp3) is 0.368. The molecule has 1 heterocycles. The molecule has 0 saturated heterocycles. The third-order valence-corrected chi connectivity index (χ3v) is 3.85.